The lowest BCUT2D eigenvalue weighted by atomic mass is 9.82. The minimum absolute atomic E-state index is 0.103. The van der Waals surface area contributed by atoms with E-state index in [2.05, 4.69) is 192 Å². The summed E-state index contributed by atoms with van der Waals surface area (Å²) >= 11 is 0. The van der Waals surface area contributed by atoms with Gasteiger partial charge in [-0.2, -0.15) is 0 Å². The van der Waals surface area contributed by atoms with Gasteiger partial charge in [0, 0.05) is 33.4 Å². The molecule has 4 aliphatic rings. The zero-order chi connectivity index (χ0) is 41.2. The van der Waals surface area contributed by atoms with Crippen LogP contribution in [0.5, 0.6) is 11.5 Å². The average Bonchev–Trinajstić information content (AvgIpc) is 3.69. The Hall–Kier alpha value is -5.90. The molecule has 0 aliphatic heterocycles. The fourth-order valence-corrected chi connectivity index (χ4v) is 15.0. The van der Waals surface area contributed by atoms with Crippen LogP contribution in [0.4, 0.5) is 0 Å². The van der Waals surface area contributed by atoms with Crippen LogP contribution in [-0.2, 0) is 0 Å². The molecule has 10 rings (SSSR count). The van der Waals surface area contributed by atoms with Gasteiger partial charge in [-0.3, -0.25) is 0 Å². The van der Waals surface area contributed by atoms with Gasteiger partial charge in [-0.15, -0.1) is 0 Å². The monoisotopic (exact) mass is 797 g/mol. The summed E-state index contributed by atoms with van der Waals surface area (Å²) in [7, 11) is 2.46. The highest BCUT2D eigenvalue weighted by molar-refractivity contribution is 6.64. The van der Waals surface area contributed by atoms with Crippen LogP contribution in [0.25, 0.3) is 43.1 Å². The second kappa shape index (κ2) is 15.3. The molecule has 0 saturated carbocycles. The minimum Gasteiger partial charge on any atom is -0.495 e. The quantitative estimate of drug-likeness (QED) is 0.113. The number of fused-ring (bicyclic) bond motifs is 4. The summed E-state index contributed by atoms with van der Waals surface area (Å²) in [5.74, 6) is 2.95. The molecular formula is C57H53O2Si. The van der Waals surface area contributed by atoms with Crippen molar-refractivity contribution in [3.05, 3.63) is 202 Å². The van der Waals surface area contributed by atoms with E-state index < -0.39 is 8.80 Å². The topological polar surface area (TPSA) is 18.5 Å². The first-order chi connectivity index (χ1) is 29.3. The third-order valence-corrected chi connectivity index (χ3v) is 16.9. The van der Waals surface area contributed by atoms with Crippen LogP contribution in [-0.4, -0.2) is 23.0 Å². The van der Waals surface area contributed by atoms with E-state index in [4.69, 9.17) is 9.47 Å². The third kappa shape index (κ3) is 5.88. The molecule has 6 aromatic carbocycles. The largest absolute Gasteiger partial charge is 0.495 e. The minimum atomic E-state index is -1.15. The summed E-state index contributed by atoms with van der Waals surface area (Å²) in [6, 6.07) is 35.4. The Bertz CT molecular complexity index is 2680. The second-order valence-electron chi connectivity index (χ2n) is 17.5. The number of methoxy groups -OCH3 is 2. The number of hydrogen-bond acceptors (Lipinski definition) is 2. The van der Waals surface area contributed by atoms with Crippen LogP contribution >= 0.6 is 0 Å². The number of allylic oxidation sites excluding steroid dienone is 16. The van der Waals surface area contributed by atoms with E-state index in [1.54, 1.807) is 25.4 Å². The summed E-state index contributed by atoms with van der Waals surface area (Å²) in [5, 5.41) is 9.72. The lowest BCUT2D eigenvalue weighted by Gasteiger charge is -2.34. The maximum Gasteiger partial charge on any atom is 0.134 e. The van der Waals surface area contributed by atoms with E-state index in [9.17, 15) is 0 Å². The molecule has 0 fully saturated rings. The van der Waals surface area contributed by atoms with Crippen LogP contribution in [0.1, 0.15) is 50.7 Å². The molecule has 0 spiro atoms. The smallest absolute Gasteiger partial charge is 0.134 e. The van der Waals surface area contributed by atoms with Crippen LogP contribution in [0.15, 0.2) is 191 Å². The van der Waals surface area contributed by atoms with Crippen molar-refractivity contribution in [1.29, 1.82) is 0 Å². The first-order valence-electron chi connectivity index (χ1n) is 21.7. The van der Waals surface area contributed by atoms with Crippen LogP contribution in [0.2, 0.25) is 17.6 Å². The molecule has 60 heavy (non-hydrogen) atoms. The fraction of sp³-hybridized carbons (Fsp3) is 0.228. The van der Waals surface area contributed by atoms with Crippen LogP contribution in [0, 0.1) is 11.8 Å². The van der Waals surface area contributed by atoms with Gasteiger partial charge >= 0.3 is 0 Å². The number of benzene rings is 6. The molecule has 0 heterocycles. The third-order valence-electron chi connectivity index (χ3n) is 13.8. The summed E-state index contributed by atoms with van der Waals surface area (Å²) in [5.41, 5.74) is 12.5. The van der Waals surface area contributed by atoms with Gasteiger partial charge in [-0.25, -0.2) is 0 Å². The summed E-state index contributed by atoms with van der Waals surface area (Å²) in [4.78, 5) is 0. The zero-order valence-corrected chi connectivity index (χ0v) is 36.8. The molecule has 1 radical (unpaired) electrons. The highest BCUT2D eigenvalue weighted by Crippen LogP contribution is 2.58. The zero-order valence-electron chi connectivity index (χ0n) is 35.8. The van der Waals surface area contributed by atoms with Crippen molar-refractivity contribution in [3.63, 3.8) is 0 Å². The number of ether oxygens (including phenoxy) is 2. The van der Waals surface area contributed by atoms with Crippen molar-refractivity contribution in [2.45, 2.75) is 57.2 Å². The van der Waals surface area contributed by atoms with Crippen molar-refractivity contribution < 1.29 is 9.47 Å². The van der Waals surface area contributed by atoms with Gasteiger partial charge in [0.25, 0.3) is 0 Å². The van der Waals surface area contributed by atoms with Crippen molar-refractivity contribution in [1.82, 2.24) is 0 Å². The predicted molar refractivity (Wildman–Crippen MR) is 257 cm³/mol. The molecule has 0 N–H and O–H groups in total. The van der Waals surface area contributed by atoms with Crippen molar-refractivity contribution in [2.24, 2.45) is 11.8 Å². The van der Waals surface area contributed by atoms with E-state index >= 15 is 0 Å². The number of rotatable bonds is 8. The Labute approximate surface area is 356 Å². The van der Waals surface area contributed by atoms with E-state index in [1.165, 1.54) is 76.5 Å². The molecule has 4 atom stereocenters. The van der Waals surface area contributed by atoms with E-state index in [0.717, 1.165) is 11.5 Å². The molecule has 2 nitrogen and oxygen atoms in total. The first-order valence-corrected chi connectivity index (χ1v) is 23.9. The van der Waals surface area contributed by atoms with Gasteiger partial charge in [-0.1, -0.05) is 203 Å². The van der Waals surface area contributed by atoms with Gasteiger partial charge in [0.05, 0.1) is 23.0 Å². The Morgan fingerprint density at radius 3 is 1.05 bits per heavy atom. The lowest BCUT2D eigenvalue weighted by molar-refractivity contribution is 0.424. The van der Waals surface area contributed by atoms with Gasteiger partial charge in [0.1, 0.15) is 11.5 Å². The molecule has 297 valence electrons. The van der Waals surface area contributed by atoms with Gasteiger partial charge in [-0.05, 0) is 77.9 Å². The summed E-state index contributed by atoms with van der Waals surface area (Å²) in [6.45, 7) is 12.3. The molecule has 0 aromatic heterocycles. The Morgan fingerprint density at radius 2 is 0.750 bits per heavy atom. The maximum absolute atomic E-state index is 6.14. The van der Waals surface area contributed by atoms with Gasteiger partial charge < -0.3 is 9.47 Å². The standard InChI is InChI=1S/C57H53O2Si/c1-34(2)48-32-50-40(52-36-20-8-14-26-42(36)54(58-5)43-27-15-9-21-37(43)52)24-12-18-30-46(50)56(48)60(7)57-47-31-19-13-25-41(51(47)33-49(57)35(3)4)53-38-22-10-16-28-44(38)55(59-6)45-29-17-11-23-39(45)53/h8-35,40-41,56-57H,1-7H3. The fourth-order valence-electron chi connectivity index (χ4n) is 11.2. The Morgan fingerprint density at radius 1 is 0.433 bits per heavy atom. The van der Waals surface area contributed by atoms with E-state index in [1.807, 2.05) is 0 Å². The summed E-state index contributed by atoms with van der Waals surface area (Å²) < 4.78 is 12.3. The van der Waals surface area contributed by atoms with Crippen LogP contribution in [0.3, 0.4) is 0 Å². The second-order valence-corrected chi connectivity index (χ2v) is 20.2. The SMILES string of the molecule is COc1c2ccccc2c(C2C=CC=CC3=C2C=C(C(C)C)C3[Si](C)C2C(C(C)C)=CC3=C2C=CC=CC3c2c3ccccc3c(OC)c3ccccc23)c2ccccc12. The van der Waals surface area contributed by atoms with Gasteiger partial charge in [0.2, 0.25) is 0 Å². The molecule has 4 unspecified atom stereocenters. The highest BCUT2D eigenvalue weighted by Gasteiger charge is 2.44. The predicted octanol–water partition coefficient (Wildman–Crippen LogP) is 15.1. The lowest BCUT2D eigenvalue weighted by Crippen LogP contribution is -2.29. The van der Waals surface area contributed by atoms with Crippen molar-refractivity contribution in [2.75, 3.05) is 14.2 Å². The average molecular weight is 798 g/mol. The molecule has 6 aromatic rings. The molecule has 0 bridgehead atoms. The maximum atomic E-state index is 6.14. The van der Waals surface area contributed by atoms with Crippen molar-refractivity contribution in [3.8, 4) is 11.5 Å². The molecule has 4 aliphatic carbocycles. The molecule has 0 amide bonds. The van der Waals surface area contributed by atoms with Crippen molar-refractivity contribution >= 4 is 51.9 Å². The molecular weight excluding hydrogens is 745 g/mol. The van der Waals surface area contributed by atoms with E-state index in [0.29, 0.717) is 22.9 Å². The summed E-state index contributed by atoms with van der Waals surface area (Å²) in [6.07, 6.45) is 24.3. The molecule has 3 heteroatoms. The molecule has 0 saturated heterocycles. The van der Waals surface area contributed by atoms with E-state index in [-0.39, 0.29) is 11.8 Å². The normalized spacial score (nSPS) is 21.2. The van der Waals surface area contributed by atoms with Gasteiger partial charge in [0.15, 0.2) is 0 Å². The Kier molecular flexibility index (Phi) is 9.76. The highest BCUT2D eigenvalue weighted by atomic mass is 28.3. The van der Waals surface area contributed by atoms with Crippen LogP contribution < -0.4 is 9.47 Å². The first kappa shape index (κ1) is 38.3. The Balaban J connectivity index is 1.15. The number of hydrogen-bond donors (Lipinski definition) is 0.